The van der Waals surface area contributed by atoms with Crippen molar-refractivity contribution in [2.24, 2.45) is 5.73 Å². The summed E-state index contributed by atoms with van der Waals surface area (Å²) < 4.78 is 11.1. The lowest BCUT2D eigenvalue weighted by Crippen LogP contribution is -2.08. The average Bonchev–Trinajstić information content (AvgIpc) is 2.85. The summed E-state index contributed by atoms with van der Waals surface area (Å²) in [6, 6.07) is 5.87. The minimum absolute atomic E-state index is 0.0798. The first-order chi connectivity index (χ1) is 9.10. The second-order valence-electron chi connectivity index (χ2n) is 4.56. The van der Waals surface area contributed by atoms with Crippen molar-refractivity contribution in [3.05, 3.63) is 41.1 Å². The van der Waals surface area contributed by atoms with Crippen molar-refractivity contribution in [2.75, 3.05) is 0 Å². The van der Waals surface area contributed by atoms with Crippen molar-refractivity contribution in [1.82, 2.24) is 10.2 Å². The fourth-order valence-corrected chi connectivity index (χ4v) is 1.78. The van der Waals surface area contributed by atoms with Gasteiger partial charge in [0.2, 0.25) is 5.89 Å². The lowest BCUT2D eigenvalue weighted by atomic mass is 10.1. The number of hydrogen-bond donors (Lipinski definition) is 1. The van der Waals surface area contributed by atoms with E-state index in [0.29, 0.717) is 11.8 Å². The minimum Gasteiger partial charge on any atom is -0.483 e. The van der Waals surface area contributed by atoms with Crippen molar-refractivity contribution < 1.29 is 9.15 Å². The van der Waals surface area contributed by atoms with Crippen molar-refractivity contribution in [2.45, 2.75) is 39.8 Å². The lowest BCUT2D eigenvalue weighted by molar-refractivity contribution is 0.256. The molecule has 2 N–H and O–H groups in total. The van der Waals surface area contributed by atoms with E-state index in [0.717, 1.165) is 23.3 Å². The summed E-state index contributed by atoms with van der Waals surface area (Å²) in [6.45, 7) is 6.19. The molecule has 0 bridgehead atoms. The molecule has 0 fully saturated rings. The molecule has 2 aromatic rings. The van der Waals surface area contributed by atoms with Crippen LogP contribution >= 0.6 is 0 Å². The Morgan fingerprint density at radius 3 is 2.68 bits per heavy atom. The highest BCUT2D eigenvalue weighted by Crippen LogP contribution is 2.25. The van der Waals surface area contributed by atoms with Crippen LogP contribution in [0.25, 0.3) is 0 Å². The second kappa shape index (κ2) is 5.84. The maximum atomic E-state index is 5.95. The highest BCUT2D eigenvalue weighted by molar-refractivity contribution is 5.38. The molecular formula is C14H19N3O2. The summed E-state index contributed by atoms with van der Waals surface area (Å²) in [5, 5.41) is 7.82. The first kappa shape index (κ1) is 13.5. The Labute approximate surface area is 112 Å². The molecule has 0 spiro atoms. The molecule has 0 radical (unpaired) electrons. The molecule has 0 amide bonds. The van der Waals surface area contributed by atoms with Gasteiger partial charge in [-0.2, -0.15) is 0 Å². The molecule has 5 heteroatoms. The van der Waals surface area contributed by atoms with Gasteiger partial charge in [-0.3, -0.25) is 0 Å². The molecule has 0 aliphatic carbocycles. The second-order valence-corrected chi connectivity index (χ2v) is 4.56. The van der Waals surface area contributed by atoms with E-state index in [4.69, 9.17) is 14.9 Å². The van der Waals surface area contributed by atoms with Crippen LogP contribution in [-0.4, -0.2) is 10.2 Å². The van der Waals surface area contributed by atoms with Crippen LogP contribution in [0.5, 0.6) is 5.75 Å². The number of nitrogens with two attached hydrogens (primary N) is 1. The highest BCUT2D eigenvalue weighted by Gasteiger charge is 2.10. The van der Waals surface area contributed by atoms with Gasteiger partial charge in [-0.25, -0.2) is 0 Å². The summed E-state index contributed by atoms with van der Waals surface area (Å²) in [7, 11) is 0. The monoisotopic (exact) mass is 261 g/mol. The predicted octanol–water partition coefficient (Wildman–Crippen LogP) is 2.54. The number of ether oxygens (including phenoxy) is 1. The van der Waals surface area contributed by atoms with E-state index in [9.17, 15) is 0 Å². The van der Waals surface area contributed by atoms with Crippen LogP contribution in [-0.2, 0) is 13.0 Å². The molecule has 5 nitrogen and oxygen atoms in total. The van der Waals surface area contributed by atoms with Gasteiger partial charge in [-0.05, 0) is 19.9 Å². The van der Waals surface area contributed by atoms with Crippen LogP contribution in [0.1, 0.15) is 42.8 Å². The fraction of sp³-hybridized carbons (Fsp3) is 0.429. The first-order valence-corrected chi connectivity index (χ1v) is 6.40. The Kier molecular flexibility index (Phi) is 4.16. The average molecular weight is 261 g/mol. The molecule has 102 valence electrons. The Morgan fingerprint density at radius 2 is 2.05 bits per heavy atom. The van der Waals surface area contributed by atoms with E-state index in [1.54, 1.807) is 0 Å². The summed E-state index contributed by atoms with van der Waals surface area (Å²) >= 11 is 0. The van der Waals surface area contributed by atoms with Gasteiger partial charge in [-0.15, -0.1) is 10.2 Å². The Morgan fingerprint density at radius 1 is 1.32 bits per heavy atom. The van der Waals surface area contributed by atoms with Crippen LogP contribution in [0.15, 0.2) is 22.6 Å². The molecule has 0 saturated heterocycles. The maximum absolute atomic E-state index is 5.95. The maximum Gasteiger partial charge on any atom is 0.253 e. The molecule has 0 aliphatic heterocycles. The third-order valence-corrected chi connectivity index (χ3v) is 2.82. The molecule has 0 aliphatic rings. The Bertz CT molecular complexity index is 549. The van der Waals surface area contributed by atoms with Crippen molar-refractivity contribution in [3.63, 3.8) is 0 Å². The molecule has 0 saturated carbocycles. The van der Waals surface area contributed by atoms with Crippen molar-refractivity contribution in [3.8, 4) is 5.75 Å². The van der Waals surface area contributed by atoms with Crippen molar-refractivity contribution in [1.29, 1.82) is 0 Å². The van der Waals surface area contributed by atoms with E-state index in [-0.39, 0.29) is 12.6 Å². The molecule has 1 aromatic heterocycles. The zero-order valence-corrected chi connectivity index (χ0v) is 11.5. The molecule has 1 heterocycles. The lowest BCUT2D eigenvalue weighted by Gasteiger charge is -2.13. The number of benzene rings is 1. The molecular weight excluding hydrogens is 242 g/mol. The standard InChI is InChI=1S/C14H19N3O2/c1-4-13-16-17-14(19-13)8-18-12-6-5-9(2)7-11(12)10(3)15/h5-7,10H,4,8,15H2,1-3H3/t10-/m1/s1. The number of aryl methyl sites for hydroxylation is 2. The van der Waals surface area contributed by atoms with Gasteiger partial charge in [-0.1, -0.05) is 24.6 Å². The molecule has 1 atom stereocenters. The van der Waals surface area contributed by atoms with Crippen molar-refractivity contribution >= 4 is 0 Å². The zero-order valence-electron chi connectivity index (χ0n) is 11.5. The van der Waals surface area contributed by atoms with Crippen LogP contribution in [0.2, 0.25) is 0 Å². The number of rotatable bonds is 5. The predicted molar refractivity (Wildman–Crippen MR) is 71.8 cm³/mol. The van der Waals surface area contributed by atoms with Gasteiger partial charge in [0.05, 0.1) is 0 Å². The van der Waals surface area contributed by atoms with Gasteiger partial charge < -0.3 is 14.9 Å². The van der Waals surface area contributed by atoms with Crippen LogP contribution in [0.3, 0.4) is 0 Å². The summed E-state index contributed by atoms with van der Waals surface area (Å²) in [5.41, 5.74) is 8.09. The molecule has 19 heavy (non-hydrogen) atoms. The summed E-state index contributed by atoms with van der Waals surface area (Å²) in [4.78, 5) is 0. The summed E-state index contributed by atoms with van der Waals surface area (Å²) in [5.74, 6) is 1.86. The third kappa shape index (κ3) is 3.32. The van der Waals surface area contributed by atoms with Gasteiger partial charge >= 0.3 is 0 Å². The quantitative estimate of drug-likeness (QED) is 0.895. The van der Waals surface area contributed by atoms with E-state index >= 15 is 0 Å². The largest absolute Gasteiger partial charge is 0.483 e. The van der Waals surface area contributed by atoms with Gasteiger partial charge in [0.15, 0.2) is 6.61 Å². The van der Waals surface area contributed by atoms with Crippen LogP contribution < -0.4 is 10.5 Å². The van der Waals surface area contributed by atoms with Gasteiger partial charge in [0, 0.05) is 18.0 Å². The van der Waals surface area contributed by atoms with Gasteiger partial charge in [0.25, 0.3) is 5.89 Å². The Balaban J connectivity index is 2.10. The first-order valence-electron chi connectivity index (χ1n) is 6.40. The number of hydrogen-bond acceptors (Lipinski definition) is 5. The highest BCUT2D eigenvalue weighted by atomic mass is 16.5. The fourth-order valence-electron chi connectivity index (χ4n) is 1.78. The smallest absolute Gasteiger partial charge is 0.253 e. The van der Waals surface area contributed by atoms with Crippen LogP contribution in [0.4, 0.5) is 0 Å². The molecule has 0 unspecified atom stereocenters. The topological polar surface area (TPSA) is 74.2 Å². The van der Waals surface area contributed by atoms with E-state index < -0.39 is 0 Å². The summed E-state index contributed by atoms with van der Waals surface area (Å²) in [6.07, 6.45) is 0.725. The molecule has 1 aromatic carbocycles. The van der Waals surface area contributed by atoms with Gasteiger partial charge in [0.1, 0.15) is 5.75 Å². The Hall–Kier alpha value is -1.88. The normalized spacial score (nSPS) is 12.4. The van der Waals surface area contributed by atoms with E-state index in [1.165, 1.54) is 0 Å². The van der Waals surface area contributed by atoms with E-state index in [2.05, 4.69) is 10.2 Å². The zero-order chi connectivity index (χ0) is 13.8. The number of aromatic nitrogens is 2. The minimum atomic E-state index is -0.0798. The molecule has 2 rings (SSSR count). The third-order valence-electron chi connectivity index (χ3n) is 2.82. The SMILES string of the molecule is CCc1nnc(COc2ccc(C)cc2[C@@H](C)N)o1. The van der Waals surface area contributed by atoms with E-state index in [1.807, 2.05) is 39.0 Å². The van der Waals surface area contributed by atoms with Crippen LogP contribution in [0, 0.1) is 6.92 Å². The number of nitrogens with zero attached hydrogens (tertiary/aromatic N) is 2.